The predicted octanol–water partition coefficient (Wildman–Crippen LogP) is 3.37. The second-order valence-electron chi connectivity index (χ2n) is 15.7. The molecule has 4 aliphatic rings. The van der Waals surface area contributed by atoms with Crippen LogP contribution in [0.4, 0.5) is 19.3 Å². The third kappa shape index (κ3) is 14.0. The van der Waals surface area contributed by atoms with E-state index in [0.29, 0.717) is 74.0 Å². The highest BCUT2D eigenvalue weighted by atomic mass is 19.1. The zero-order valence-electron chi connectivity index (χ0n) is 35.2. The molecule has 4 heterocycles. The molecule has 0 aromatic heterocycles. The third-order valence-corrected chi connectivity index (χ3v) is 10.6. The van der Waals surface area contributed by atoms with E-state index in [1.807, 2.05) is 11.8 Å². The van der Waals surface area contributed by atoms with Crippen LogP contribution >= 0.6 is 0 Å². The normalized spacial score (nSPS) is 21.1. The summed E-state index contributed by atoms with van der Waals surface area (Å²) in [6.07, 6.45) is 3.78. The lowest BCUT2D eigenvalue weighted by atomic mass is 9.99. The maximum Gasteiger partial charge on any atom is 0.319 e. The van der Waals surface area contributed by atoms with Gasteiger partial charge in [0, 0.05) is 43.5 Å². The summed E-state index contributed by atoms with van der Waals surface area (Å²) >= 11 is 0. The van der Waals surface area contributed by atoms with Crippen molar-refractivity contribution >= 4 is 47.7 Å². The highest BCUT2D eigenvalue weighted by Crippen LogP contribution is 2.34. The number of aryl methyl sites for hydroxylation is 1. The minimum atomic E-state index is -0.669. The Morgan fingerprint density at radius 1 is 0.902 bits per heavy atom. The zero-order valence-corrected chi connectivity index (χ0v) is 35.2. The number of nitrogens with one attached hydrogen (secondary N) is 3. The number of likely N-dealkylation sites (tertiary alicyclic amines) is 3. The number of hydrogen-bond acceptors (Lipinski definition) is 10. The Balaban J connectivity index is 0.000000257. The van der Waals surface area contributed by atoms with E-state index in [-0.39, 0.29) is 49.4 Å². The first-order valence-electron chi connectivity index (χ1n) is 20.4. The van der Waals surface area contributed by atoms with Crippen molar-refractivity contribution in [2.24, 2.45) is 11.7 Å². The first-order chi connectivity index (χ1) is 29.0. The molecule has 0 saturated carbocycles. The molecule has 7 amide bonds. The van der Waals surface area contributed by atoms with Crippen molar-refractivity contribution in [2.75, 3.05) is 38.3 Å². The molecule has 61 heavy (non-hydrogen) atoms. The largest absolute Gasteiger partial charge is 0.464 e. The van der Waals surface area contributed by atoms with Gasteiger partial charge in [0.15, 0.2) is 11.5 Å². The van der Waals surface area contributed by atoms with Crippen molar-refractivity contribution in [1.29, 1.82) is 0 Å². The summed E-state index contributed by atoms with van der Waals surface area (Å²) < 4.78 is 39.5. The first-order valence-corrected chi connectivity index (χ1v) is 20.4. The molecule has 6 atom stereocenters. The Bertz CT molecular complexity index is 1850. The molecule has 3 fully saturated rings. The molecule has 0 aliphatic carbocycles. The van der Waals surface area contributed by atoms with Crippen molar-refractivity contribution in [3.8, 4) is 11.5 Å². The molecule has 17 nitrogen and oxygen atoms in total. The monoisotopic (exact) mass is 857 g/mol. The number of nitrogens with two attached hydrogens (primary N) is 1. The number of benzene rings is 2. The van der Waals surface area contributed by atoms with E-state index >= 15 is 0 Å². The standard InChI is InChI=1S/C25H40N4O6.C10H11N3O4.C7H6F2/c1-16-12-17(2)29(14-16)24(33)19(4)26-23(32)20-8-5-6-10-28(20)25(34)21-9-7-11-27(21)22(31)13-18(3)35-15-30;11-9(14)4-12-10(15)13-6-1-2-7-8(3-6)17-5-16-7;1-5-2-6(8)4-7(9)3-5/h15-21H,5-14H2,1-4H3,(H,26,32);1-3H,4-5H2,(H2,11,14)(H2,12,13,15);2-4H,1H3. The SMILES string of the molecule is CC1CC(C)N(C(=O)C(C)NC(=O)C2CCCCN2C(=O)C2CCCN2C(=O)CC(C)OC=O)C1.Cc1cc(F)cc(F)c1.NC(=O)CNC(=O)Nc1ccc2c(c1)OCO2. The molecule has 3 saturated heterocycles. The Labute approximate surface area is 353 Å². The van der Waals surface area contributed by atoms with E-state index in [0.717, 1.165) is 25.3 Å². The second kappa shape index (κ2) is 22.6. The van der Waals surface area contributed by atoms with Gasteiger partial charge in [0.05, 0.1) is 13.0 Å². The topological polar surface area (TPSA) is 219 Å². The number of hydrogen-bond donors (Lipinski definition) is 4. The van der Waals surface area contributed by atoms with Crippen LogP contribution in [0, 0.1) is 24.5 Å². The van der Waals surface area contributed by atoms with Crippen LogP contribution in [0.2, 0.25) is 0 Å². The van der Waals surface area contributed by atoms with E-state index in [1.54, 1.807) is 48.8 Å². The quantitative estimate of drug-likeness (QED) is 0.242. The van der Waals surface area contributed by atoms with E-state index in [2.05, 4.69) is 22.9 Å². The van der Waals surface area contributed by atoms with Crippen LogP contribution in [0.1, 0.15) is 78.2 Å². The maximum absolute atomic E-state index is 13.5. The minimum Gasteiger partial charge on any atom is -0.464 e. The summed E-state index contributed by atoms with van der Waals surface area (Å²) in [5.74, 6) is -0.877. The molecule has 4 aliphatic heterocycles. The lowest BCUT2D eigenvalue weighted by Gasteiger charge is -2.38. The van der Waals surface area contributed by atoms with Gasteiger partial charge in [-0.3, -0.25) is 28.8 Å². The van der Waals surface area contributed by atoms with E-state index in [1.165, 1.54) is 12.1 Å². The number of nitrogens with zero attached hydrogens (tertiary/aromatic N) is 3. The number of fused-ring (bicyclic) bond motifs is 1. The summed E-state index contributed by atoms with van der Waals surface area (Å²) in [7, 11) is 0. The van der Waals surface area contributed by atoms with Crippen LogP contribution in [0.3, 0.4) is 0 Å². The van der Waals surface area contributed by atoms with Crippen LogP contribution in [0.25, 0.3) is 0 Å². The lowest BCUT2D eigenvalue weighted by molar-refractivity contribution is -0.151. The van der Waals surface area contributed by atoms with Gasteiger partial charge in [0.1, 0.15) is 35.9 Å². The Morgan fingerprint density at radius 3 is 2.21 bits per heavy atom. The molecule has 2 aromatic rings. The first kappa shape index (κ1) is 47.7. The molecule has 0 bridgehead atoms. The number of halogens is 2. The summed E-state index contributed by atoms with van der Waals surface area (Å²) in [6.45, 7) is 11.0. The molecule has 334 valence electrons. The number of carbonyl (C=O) groups is 7. The Morgan fingerprint density at radius 2 is 1.57 bits per heavy atom. The van der Waals surface area contributed by atoms with E-state index in [4.69, 9.17) is 19.9 Å². The van der Waals surface area contributed by atoms with Crippen molar-refractivity contribution in [3.63, 3.8) is 0 Å². The molecular formula is C42H57F2N7O10. The van der Waals surface area contributed by atoms with Crippen LogP contribution in [0.15, 0.2) is 36.4 Å². The number of primary amides is 1. The van der Waals surface area contributed by atoms with Gasteiger partial charge in [-0.15, -0.1) is 0 Å². The number of anilines is 1. The Kier molecular flexibility index (Phi) is 17.6. The maximum atomic E-state index is 13.5. The summed E-state index contributed by atoms with van der Waals surface area (Å²) in [5.41, 5.74) is 6.03. The molecule has 5 N–H and O–H groups in total. The summed E-state index contributed by atoms with van der Waals surface area (Å²) in [6, 6.07) is 6.09. The number of ether oxygens (including phenoxy) is 3. The van der Waals surface area contributed by atoms with Crippen LogP contribution in [0.5, 0.6) is 11.5 Å². The van der Waals surface area contributed by atoms with Gasteiger partial charge in [-0.25, -0.2) is 13.6 Å². The minimum absolute atomic E-state index is 0.0135. The van der Waals surface area contributed by atoms with Gasteiger partial charge in [-0.2, -0.15) is 0 Å². The molecule has 0 spiro atoms. The second-order valence-corrected chi connectivity index (χ2v) is 15.7. The third-order valence-electron chi connectivity index (χ3n) is 10.6. The number of rotatable bonds is 11. The van der Waals surface area contributed by atoms with Gasteiger partial charge >= 0.3 is 6.03 Å². The summed E-state index contributed by atoms with van der Waals surface area (Å²) in [5, 5.41) is 7.69. The molecule has 0 radical (unpaired) electrons. The smallest absolute Gasteiger partial charge is 0.319 e. The van der Waals surface area contributed by atoms with Gasteiger partial charge in [-0.1, -0.05) is 6.92 Å². The molecule has 19 heteroatoms. The van der Waals surface area contributed by atoms with Crippen molar-refractivity contribution < 1.29 is 56.6 Å². The van der Waals surface area contributed by atoms with Crippen LogP contribution < -0.4 is 31.2 Å². The van der Waals surface area contributed by atoms with E-state index in [9.17, 15) is 42.3 Å². The lowest BCUT2D eigenvalue weighted by Crippen LogP contribution is -2.59. The number of amides is 7. The van der Waals surface area contributed by atoms with Gasteiger partial charge in [0.25, 0.3) is 6.47 Å². The van der Waals surface area contributed by atoms with Gasteiger partial charge < -0.3 is 50.6 Å². The van der Waals surface area contributed by atoms with Crippen LogP contribution in [-0.2, 0) is 33.5 Å². The highest BCUT2D eigenvalue weighted by molar-refractivity contribution is 5.95. The zero-order chi connectivity index (χ0) is 44.8. The van der Waals surface area contributed by atoms with Gasteiger partial charge in [0.2, 0.25) is 36.3 Å². The highest BCUT2D eigenvalue weighted by Gasteiger charge is 2.42. The van der Waals surface area contributed by atoms with Crippen molar-refractivity contribution in [3.05, 3.63) is 53.6 Å². The fourth-order valence-corrected chi connectivity index (χ4v) is 7.72. The number of piperidine rings is 1. The van der Waals surface area contributed by atoms with Crippen molar-refractivity contribution in [1.82, 2.24) is 25.3 Å². The summed E-state index contributed by atoms with van der Waals surface area (Å²) in [4.78, 5) is 89.8. The molecular weight excluding hydrogens is 800 g/mol. The van der Waals surface area contributed by atoms with E-state index < -0.39 is 47.8 Å². The molecule has 6 rings (SSSR count). The predicted molar refractivity (Wildman–Crippen MR) is 218 cm³/mol. The average molecular weight is 858 g/mol. The Hall–Kier alpha value is -6.01. The van der Waals surface area contributed by atoms with Crippen LogP contribution in [-0.4, -0.2) is 120 Å². The fraction of sp³-hybridized carbons (Fsp3) is 0.548. The number of carbonyl (C=O) groups excluding carboxylic acids is 7. The number of urea groups is 1. The average Bonchev–Trinajstić information content (AvgIpc) is 3.96. The van der Waals surface area contributed by atoms with Crippen molar-refractivity contribution in [2.45, 2.75) is 110 Å². The fourth-order valence-electron chi connectivity index (χ4n) is 7.72. The molecule has 6 unspecified atom stereocenters. The van der Waals surface area contributed by atoms with Gasteiger partial charge in [-0.05, 0) is 102 Å². The molecule has 2 aromatic carbocycles.